The summed E-state index contributed by atoms with van der Waals surface area (Å²) in [5.41, 5.74) is 4.70. The van der Waals surface area contributed by atoms with E-state index in [2.05, 4.69) is 32.9 Å². The zero-order valence-electron chi connectivity index (χ0n) is 21.6. The first kappa shape index (κ1) is 30.8. The number of benzene rings is 2. The van der Waals surface area contributed by atoms with Gasteiger partial charge in [0.25, 0.3) is 0 Å². The topological polar surface area (TPSA) is 110 Å². The minimum absolute atomic E-state index is 0.0529. The summed E-state index contributed by atoms with van der Waals surface area (Å²) in [6, 6.07) is 16.0. The van der Waals surface area contributed by atoms with Crippen LogP contribution < -0.4 is 5.32 Å². The zero-order valence-corrected chi connectivity index (χ0v) is 24.7. The van der Waals surface area contributed by atoms with Gasteiger partial charge in [-0.1, -0.05) is 71.1 Å². The number of alkyl halides is 1. The molecule has 3 N–H and O–H groups in total. The number of aliphatic hydroxyl groups is 1. The number of nitrogens with one attached hydrogen (secondary N) is 1. The highest BCUT2D eigenvalue weighted by molar-refractivity contribution is 14.1. The molecule has 10 heteroatoms. The van der Waals surface area contributed by atoms with Crippen LogP contribution in [-0.2, 0) is 31.4 Å². The van der Waals surface area contributed by atoms with Crippen LogP contribution in [0.5, 0.6) is 0 Å². The zero-order chi connectivity index (χ0) is 27.2. The summed E-state index contributed by atoms with van der Waals surface area (Å²) in [5, 5.41) is 13.4. The van der Waals surface area contributed by atoms with E-state index in [1.54, 1.807) is 6.20 Å². The van der Waals surface area contributed by atoms with Crippen LogP contribution in [0.25, 0.3) is 22.0 Å². The molecule has 1 heterocycles. The Labute approximate surface area is 239 Å². The lowest BCUT2D eigenvalue weighted by Gasteiger charge is -2.15. The van der Waals surface area contributed by atoms with E-state index in [0.717, 1.165) is 39.6 Å². The number of aliphatic hydroxyl groups excluding tert-OH is 1. The molecule has 0 aliphatic carbocycles. The highest BCUT2D eigenvalue weighted by Crippen LogP contribution is 2.34. The fraction of sp³-hybridized carbons (Fsp3) is 0.429. The van der Waals surface area contributed by atoms with Gasteiger partial charge in [0, 0.05) is 24.7 Å². The van der Waals surface area contributed by atoms with Crippen molar-refractivity contribution in [1.82, 2.24) is 10.3 Å². The van der Waals surface area contributed by atoms with Crippen LogP contribution >= 0.6 is 31.2 Å². The third-order valence-electron chi connectivity index (χ3n) is 5.79. The molecule has 0 fully saturated rings. The van der Waals surface area contributed by atoms with Crippen molar-refractivity contribution >= 4 is 48.0 Å². The van der Waals surface area contributed by atoms with Crippen LogP contribution in [0.15, 0.2) is 54.7 Å². The Morgan fingerprint density at radius 2 is 1.79 bits per heavy atom. The molecule has 8 nitrogen and oxygen atoms in total. The van der Waals surface area contributed by atoms with Gasteiger partial charge in [-0.2, -0.15) is 0 Å². The number of carbonyl (C=O) groups excluding carboxylic acids is 1. The normalized spacial score (nSPS) is 12.9. The van der Waals surface area contributed by atoms with Gasteiger partial charge in [-0.25, -0.2) is 0 Å². The summed E-state index contributed by atoms with van der Waals surface area (Å²) in [5.74, 6) is -0.0773. The van der Waals surface area contributed by atoms with Gasteiger partial charge in [0.05, 0.1) is 31.8 Å². The highest BCUT2D eigenvalue weighted by Gasteiger charge is 2.16. The maximum atomic E-state index is 12.8. The molecule has 38 heavy (non-hydrogen) atoms. The molecule has 3 rings (SSSR count). The first-order valence-corrected chi connectivity index (χ1v) is 15.2. The van der Waals surface area contributed by atoms with Crippen molar-refractivity contribution in [3.05, 3.63) is 65.9 Å². The van der Waals surface area contributed by atoms with Crippen molar-refractivity contribution in [2.24, 2.45) is 0 Å². The monoisotopic (exact) mass is 654 g/mol. The number of nitrogens with zero attached hydrogens (tertiary/aromatic N) is 1. The Hall–Kier alpha value is -1.72. The van der Waals surface area contributed by atoms with Crippen molar-refractivity contribution < 1.29 is 28.6 Å². The van der Waals surface area contributed by atoms with E-state index in [9.17, 15) is 14.8 Å². The molecule has 0 bridgehead atoms. The first-order chi connectivity index (χ1) is 18.5. The Balaban J connectivity index is 1.49. The number of unbranched alkanes of at least 4 members (excludes halogenated alkanes) is 1. The second-order valence-corrected chi connectivity index (χ2v) is 11.5. The van der Waals surface area contributed by atoms with Crippen molar-refractivity contribution in [1.29, 1.82) is 0 Å². The van der Waals surface area contributed by atoms with E-state index in [-0.39, 0.29) is 23.0 Å². The fourth-order valence-corrected chi connectivity index (χ4v) is 4.94. The largest absolute Gasteiger partial charge is 0.396 e. The van der Waals surface area contributed by atoms with Crippen molar-refractivity contribution in [2.45, 2.75) is 43.1 Å². The summed E-state index contributed by atoms with van der Waals surface area (Å²) in [6.07, 6.45) is 4.63. The van der Waals surface area contributed by atoms with Gasteiger partial charge in [-0.3, -0.25) is 9.78 Å². The van der Waals surface area contributed by atoms with Crippen molar-refractivity contribution in [2.75, 3.05) is 33.0 Å². The van der Waals surface area contributed by atoms with Gasteiger partial charge in [-0.05, 0) is 54.9 Å². The number of carbonyl (C=O) groups is 1. The van der Waals surface area contributed by atoms with E-state index < -0.39 is 8.60 Å². The molecule has 0 saturated carbocycles. The van der Waals surface area contributed by atoms with E-state index in [4.69, 9.17) is 13.8 Å². The number of para-hydroxylation sites is 1. The molecule has 1 amide bonds. The number of ether oxygens (including phenoxy) is 1. The Morgan fingerprint density at radius 1 is 1.03 bits per heavy atom. The summed E-state index contributed by atoms with van der Waals surface area (Å²) >= 11 is 2.19. The minimum atomic E-state index is -1.89. The second-order valence-electron chi connectivity index (χ2n) is 8.72. The van der Waals surface area contributed by atoms with Gasteiger partial charge in [0.2, 0.25) is 5.91 Å². The average Bonchev–Trinajstić information content (AvgIpc) is 2.91. The maximum Gasteiger partial charge on any atom is 0.329 e. The molecule has 0 spiro atoms. The van der Waals surface area contributed by atoms with Crippen LogP contribution in [0.4, 0.5) is 0 Å². The lowest BCUT2D eigenvalue weighted by atomic mass is 9.93. The second kappa shape index (κ2) is 17.1. The van der Waals surface area contributed by atoms with E-state index >= 15 is 0 Å². The van der Waals surface area contributed by atoms with Crippen LogP contribution in [-0.4, -0.2) is 58.0 Å². The van der Waals surface area contributed by atoms with E-state index in [1.807, 2.05) is 55.5 Å². The molecule has 0 aliphatic heterocycles. The number of hydrogen-bond acceptors (Lipinski definition) is 7. The molecule has 0 saturated heterocycles. The number of hydrogen-bond donors (Lipinski definition) is 3. The summed E-state index contributed by atoms with van der Waals surface area (Å²) in [4.78, 5) is 27.3. The van der Waals surface area contributed by atoms with Crippen LogP contribution in [0.2, 0.25) is 0 Å². The van der Waals surface area contributed by atoms with Gasteiger partial charge >= 0.3 is 8.60 Å². The number of pyridine rings is 1. The number of amides is 1. The van der Waals surface area contributed by atoms with Crippen molar-refractivity contribution in [3.63, 3.8) is 0 Å². The standard InChI is InChI=1S/C28H36IN2O6P/c1-21(29)35-16-8-18-37-38(34)36-17-6-5-14-30-26(33)19-24-20-31-28-23(13-15-32)11-7-12-25(28)27(24)22-9-3-2-4-10-22/h2-4,7,9-12,20-21,32,34H,5-6,8,13-19H2,1H3,(H,30,33). The smallest absolute Gasteiger partial charge is 0.329 e. The Kier molecular flexibility index (Phi) is 13.8. The van der Waals surface area contributed by atoms with E-state index in [0.29, 0.717) is 45.6 Å². The molecule has 3 aromatic rings. The summed E-state index contributed by atoms with van der Waals surface area (Å²) in [6.45, 7) is 3.86. The van der Waals surface area contributed by atoms with E-state index in [1.165, 1.54) is 0 Å². The van der Waals surface area contributed by atoms with Crippen LogP contribution in [0, 0.1) is 0 Å². The molecular weight excluding hydrogens is 618 g/mol. The molecular formula is C28H36IN2O6P. The lowest BCUT2D eigenvalue weighted by molar-refractivity contribution is -0.120. The van der Waals surface area contributed by atoms with Gasteiger partial charge in [-0.15, -0.1) is 0 Å². The third-order valence-corrected chi connectivity index (χ3v) is 6.95. The minimum Gasteiger partial charge on any atom is -0.396 e. The summed E-state index contributed by atoms with van der Waals surface area (Å²) in [7, 11) is -1.89. The average molecular weight is 654 g/mol. The van der Waals surface area contributed by atoms with Crippen LogP contribution in [0.1, 0.15) is 37.3 Å². The number of halogens is 1. The maximum absolute atomic E-state index is 12.8. The molecule has 2 atom stereocenters. The number of fused-ring (bicyclic) bond motifs is 1. The third kappa shape index (κ3) is 10.1. The molecule has 1 aromatic heterocycles. The Morgan fingerprint density at radius 3 is 2.53 bits per heavy atom. The van der Waals surface area contributed by atoms with Crippen molar-refractivity contribution in [3.8, 4) is 11.1 Å². The SMILES string of the molecule is CC(I)OCCCOP(O)OCCCCNC(=O)Cc1cnc2c(CCO)cccc2c1-c1ccccc1. The molecule has 0 aliphatic rings. The van der Waals surface area contributed by atoms with Gasteiger partial charge in [0.15, 0.2) is 0 Å². The molecule has 2 unspecified atom stereocenters. The lowest BCUT2D eigenvalue weighted by Crippen LogP contribution is -2.26. The molecule has 206 valence electrons. The predicted octanol–water partition coefficient (Wildman–Crippen LogP) is 5.32. The predicted molar refractivity (Wildman–Crippen MR) is 159 cm³/mol. The summed E-state index contributed by atoms with van der Waals surface area (Å²) < 4.78 is 16.2. The molecule has 0 radical (unpaired) electrons. The Bertz CT molecular complexity index is 1140. The number of rotatable bonds is 17. The van der Waals surface area contributed by atoms with Crippen LogP contribution in [0.3, 0.4) is 0 Å². The number of aromatic nitrogens is 1. The first-order valence-electron chi connectivity index (χ1n) is 12.8. The highest BCUT2D eigenvalue weighted by atomic mass is 127. The van der Waals surface area contributed by atoms with Gasteiger partial charge < -0.3 is 29.1 Å². The fourth-order valence-electron chi connectivity index (χ4n) is 4.05. The molecule has 2 aromatic carbocycles. The quantitative estimate of drug-likeness (QED) is 0.0783. The van der Waals surface area contributed by atoms with Gasteiger partial charge in [0.1, 0.15) is 4.11 Å².